The van der Waals surface area contributed by atoms with Crippen LogP contribution in [0.1, 0.15) is 13.8 Å². The maximum Gasteiger partial charge on any atom is 0.174 e. The van der Waals surface area contributed by atoms with E-state index >= 15 is 0 Å². The Morgan fingerprint density at radius 3 is 2.58 bits per heavy atom. The molecule has 7 heteroatoms. The molecule has 0 spiro atoms. The van der Waals surface area contributed by atoms with Gasteiger partial charge in [-0.2, -0.15) is 0 Å². The Kier molecular flexibility index (Phi) is 7.66. The lowest BCUT2D eigenvalue weighted by Gasteiger charge is -2.18. The van der Waals surface area contributed by atoms with Crippen molar-refractivity contribution >= 4 is 34.7 Å². The molecule has 0 radical (unpaired) electrons. The van der Waals surface area contributed by atoms with Gasteiger partial charge in [-0.25, -0.2) is 4.98 Å². The van der Waals surface area contributed by atoms with Crippen LogP contribution in [0.3, 0.4) is 0 Å². The van der Waals surface area contributed by atoms with E-state index in [4.69, 9.17) is 33.3 Å². The van der Waals surface area contributed by atoms with Gasteiger partial charge in [0.05, 0.1) is 11.6 Å². The van der Waals surface area contributed by atoms with Gasteiger partial charge in [-0.1, -0.05) is 11.6 Å². The van der Waals surface area contributed by atoms with Crippen molar-refractivity contribution in [2.24, 2.45) is 0 Å². The number of ether oxygens (including phenoxy) is 2. The van der Waals surface area contributed by atoms with Crippen molar-refractivity contribution in [2.45, 2.75) is 20.1 Å². The summed E-state index contributed by atoms with van der Waals surface area (Å²) in [5.74, 6) is 0.631. The standard InChI is InChI=1S/C12H18ClN3O2S/c1-3-17-11(18-4-2)8-15-12(19)16-10-6-5-9(13)7-14-10/h5-7,11H,3-4,8H2,1-2H3,(H2,14,15,16,19). The zero-order valence-corrected chi connectivity index (χ0v) is 12.6. The van der Waals surface area contributed by atoms with Gasteiger partial charge in [0, 0.05) is 19.4 Å². The molecule has 0 aliphatic rings. The highest BCUT2D eigenvalue weighted by Crippen LogP contribution is 2.09. The fourth-order valence-corrected chi connectivity index (χ4v) is 1.62. The van der Waals surface area contributed by atoms with E-state index in [0.717, 1.165) is 0 Å². The Morgan fingerprint density at radius 2 is 2.05 bits per heavy atom. The zero-order valence-electron chi connectivity index (χ0n) is 11.0. The highest BCUT2D eigenvalue weighted by Gasteiger charge is 2.08. The number of hydrogen-bond donors (Lipinski definition) is 2. The van der Waals surface area contributed by atoms with Gasteiger partial charge in [-0.05, 0) is 38.2 Å². The molecule has 0 aliphatic heterocycles. The van der Waals surface area contributed by atoms with Crippen LogP contribution < -0.4 is 10.6 Å². The number of pyridine rings is 1. The van der Waals surface area contributed by atoms with Crippen molar-refractivity contribution in [3.63, 3.8) is 0 Å². The maximum atomic E-state index is 5.75. The van der Waals surface area contributed by atoms with Crippen LogP contribution in [0.25, 0.3) is 0 Å². The van der Waals surface area contributed by atoms with E-state index in [1.807, 2.05) is 13.8 Å². The average molecular weight is 304 g/mol. The lowest BCUT2D eigenvalue weighted by Crippen LogP contribution is -2.37. The molecule has 0 saturated heterocycles. The predicted octanol–water partition coefficient (Wildman–Crippen LogP) is 2.42. The third-order valence-corrected chi connectivity index (χ3v) is 2.57. The molecule has 0 bridgehead atoms. The normalized spacial score (nSPS) is 10.5. The Hall–Kier alpha value is -0.950. The first-order valence-electron chi connectivity index (χ1n) is 6.05. The molecule has 19 heavy (non-hydrogen) atoms. The second kappa shape index (κ2) is 9.03. The number of anilines is 1. The SMILES string of the molecule is CCOC(CNC(=S)Nc1ccc(Cl)cn1)OCC. The molecule has 1 rings (SSSR count). The molecule has 0 atom stereocenters. The van der Waals surface area contributed by atoms with Gasteiger partial charge in [-0.15, -0.1) is 0 Å². The van der Waals surface area contributed by atoms with Crippen molar-refractivity contribution in [1.82, 2.24) is 10.3 Å². The van der Waals surface area contributed by atoms with Gasteiger partial charge in [0.2, 0.25) is 0 Å². The number of rotatable bonds is 7. The number of thiocarbonyl (C=S) groups is 1. The summed E-state index contributed by atoms with van der Waals surface area (Å²) in [5.41, 5.74) is 0. The highest BCUT2D eigenvalue weighted by atomic mass is 35.5. The number of aromatic nitrogens is 1. The summed E-state index contributed by atoms with van der Waals surface area (Å²) < 4.78 is 10.8. The van der Waals surface area contributed by atoms with E-state index < -0.39 is 0 Å². The average Bonchev–Trinajstić information content (AvgIpc) is 2.39. The second-order valence-corrected chi connectivity index (χ2v) is 4.38. The smallest absolute Gasteiger partial charge is 0.174 e. The molecular weight excluding hydrogens is 286 g/mol. The van der Waals surface area contributed by atoms with E-state index in [-0.39, 0.29) is 6.29 Å². The Morgan fingerprint density at radius 1 is 1.37 bits per heavy atom. The van der Waals surface area contributed by atoms with Crippen molar-refractivity contribution < 1.29 is 9.47 Å². The van der Waals surface area contributed by atoms with Crippen LogP contribution in [0.15, 0.2) is 18.3 Å². The molecule has 1 aromatic rings. The van der Waals surface area contributed by atoms with Crippen LogP contribution in [-0.4, -0.2) is 36.1 Å². The van der Waals surface area contributed by atoms with E-state index in [2.05, 4.69) is 15.6 Å². The summed E-state index contributed by atoms with van der Waals surface area (Å²) in [5, 5.41) is 7.00. The monoisotopic (exact) mass is 303 g/mol. The first-order chi connectivity index (χ1) is 9.15. The molecule has 0 aromatic carbocycles. The highest BCUT2D eigenvalue weighted by molar-refractivity contribution is 7.80. The van der Waals surface area contributed by atoms with Gasteiger partial charge in [0.1, 0.15) is 5.82 Å². The summed E-state index contributed by atoms with van der Waals surface area (Å²) in [4.78, 5) is 4.08. The van der Waals surface area contributed by atoms with Gasteiger partial charge >= 0.3 is 0 Å². The van der Waals surface area contributed by atoms with Gasteiger partial charge in [-0.3, -0.25) is 0 Å². The largest absolute Gasteiger partial charge is 0.357 e. The molecule has 2 N–H and O–H groups in total. The number of nitrogens with one attached hydrogen (secondary N) is 2. The number of halogens is 1. The summed E-state index contributed by atoms with van der Waals surface area (Å²) in [6, 6.07) is 3.49. The summed E-state index contributed by atoms with van der Waals surface area (Å²) in [6.45, 7) is 5.48. The minimum atomic E-state index is -0.312. The second-order valence-electron chi connectivity index (χ2n) is 3.54. The minimum absolute atomic E-state index is 0.312. The van der Waals surface area contributed by atoms with E-state index in [1.54, 1.807) is 18.3 Å². The fourth-order valence-electron chi connectivity index (χ4n) is 1.32. The van der Waals surface area contributed by atoms with Crippen molar-refractivity contribution in [1.29, 1.82) is 0 Å². The van der Waals surface area contributed by atoms with Crippen LogP contribution in [0.5, 0.6) is 0 Å². The number of hydrogen-bond acceptors (Lipinski definition) is 4. The quantitative estimate of drug-likeness (QED) is 0.596. The van der Waals surface area contributed by atoms with E-state index in [1.165, 1.54) is 0 Å². The molecular formula is C12H18ClN3O2S. The van der Waals surface area contributed by atoms with Crippen LogP contribution in [0.2, 0.25) is 5.02 Å². The van der Waals surface area contributed by atoms with Crippen molar-refractivity contribution in [3.05, 3.63) is 23.4 Å². The van der Waals surface area contributed by atoms with Gasteiger partial charge in [0.15, 0.2) is 11.4 Å². The predicted molar refractivity (Wildman–Crippen MR) is 80.5 cm³/mol. The van der Waals surface area contributed by atoms with Gasteiger partial charge in [0.25, 0.3) is 0 Å². The molecule has 0 unspecified atom stereocenters. The zero-order chi connectivity index (χ0) is 14.1. The molecule has 0 amide bonds. The maximum absolute atomic E-state index is 5.75. The Balaban J connectivity index is 2.35. The third kappa shape index (κ3) is 6.68. The first kappa shape index (κ1) is 16.1. The molecule has 1 heterocycles. The molecule has 106 valence electrons. The van der Waals surface area contributed by atoms with E-state index in [0.29, 0.717) is 35.7 Å². The van der Waals surface area contributed by atoms with Crippen LogP contribution >= 0.6 is 23.8 Å². The lowest BCUT2D eigenvalue weighted by molar-refractivity contribution is -0.130. The molecule has 0 saturated carbocycles. The van der Waals surface area contributed by atoms with Crippen LogP contribution in [0.4, 0.5) is 5.82 Å². The Bertz CT molecular complexity index is 383. The Labute approximate surface area is 123 Å². The van der Waals surface area contributed by atoms with Crippen molar-refractivity contribution in [2.75, 3.05) is 25.1 Å². The van der Waals surface area contributed by atoms with Crippen molar-refractivity contribution in [3.8, 4) is 0 Å². The first-order valence-corrected chi connectivity index (χ1v) is 6.84. The van der Waals surface area contributed by atoms with Crippen LogP contribution in [0, 0.1) is 0 Å². The molecule has 0 aliphatic carbocycles. The third-order valence-electron chi connectivity index (χ3n) is 2.10. The summed E-state index contributed by atoms with van der Waals surface area (Å²) in [7, 11) is 0. The summed E-state index contributed by atoms with van der Waals surface area (Å²) in [6.07, 6.45) is 1.24. The molecule has 5 nitrogen and oxygen atoms in total. The number of nitrogens with zero attached hydrogens (tertiary/aromatic N) is 1. The summed E-state index contributed by atoms with van der Waals surface area (Å²) >= 11 is 10.9. The molecule has 1 aromatic heterocycles. The van der Waals surface area contributed by atoms with E-state index in [9.17, 15) is 0 Å². The lowest BCUT2D eigenvalue weighted by atomic mass is 10.4. The topological polar surface area (TPSA) is 55.4 Å². The fraction of sp³-hybridized carbons (Fsp3) is 0.500. The van der Waals surface area contributed by atoms with Crippen LogP contribution in [-0.2, 0) is 9.47 Å². The minimum Gasteiger partial charge on any atom is -0.357 e. The molecule has 0 fully saturated rings. The van der Waals surface area contributed by atoms with Gasteiger partial charge < -0.3 is 20.1 Å².